The molecule has 1 aromatic rings. The number of ether oxygens (including phenoxy) is 1. The van der Waals surface area contributed by atoms with E-state index in [0.29, 0.717) is 24.1 Å². The van der Waals surface area contributed by atoms with Crippen LogP contribution in [0.4, 0.5) is 8.78 Å². The number of unbranched alkanes of at least 4 members (excludes halogenated alkanes) is 2. The van der Waals surface area contributed by atoms with E-state index in [9.17, 15) is 23.5 Å². The van der Waals surface area contributed by atoms with E-state index in [4.69, 9.17) is 0 Å². The maximum absolute atomic E-state index is 14.0. The van der Waals surface area contributed by atoms with E-state index in [-0.39, 0.29) is 6.54 Å². The van der Waals surface area contributed by atoms with Crippen molar-refractivity contribution < 1.29 is 28.2 Å². The Morgan fingerprint density at radius 1 is 1.41 bits per heavy atom. The third-order valence-electron chi connectivity index (χ3n) is 4.97. The van der Waals surface area contributed by atoms with Crippen LogP contribution < -0.4 is 0 Å². The molecule has 2 heterocycles. The van der Waals surface area contributed by atoms with Crippen molar-refractivity contribution in [3.8, 4) is 0 Å². The molecular formula is C21H29F2NO4S. The van der Waals surface area contributed by atoms with Crippen LogP contribution in [0, 0.1) is 0 Å². The number of hydrogen-bond donors (Lipinski definition) is 1. The quantitative estimate of drug-likeness (QED) is 0.325. The normalized spacial score (nSPS) is 19.8. The van der Waals surface area contributed by atoms with Crippen LogP contribution in [0.2, 0.25) is 0 Å². The fourth-order valence-corrected chi connectivity index (χ4v) is 4.33. The molecule has 1 fully saturated rings. The Labute approximate surface area is 174 Å². The van der Waals surface area contributed by atoms with Crippen molar-refractivity contribution in [2.24, 2.45) is 0 Å². The standard InChI is InChI=1S/C21H29F2NO4S/c1-3-4-5-7-16(25)10-9-15-14-21(22,23)20(27)24(15)13-6-8-17-11-12-18(29-17)19(26)28-2/h9-12,15-16,25H,3-8,13-14H2,1-2H3/t15-,16?/m0/s1. The van der Waals surface area contributed by atoms with E-state index in [1.54, 1.807) is 12.1 Å². The van der Waals surface area contributed by atoms with E-state index in [1.807, 2.05) is 0 Å². The van der Waals surface area contributed by atoms with Crippen LogP contribution in [-0.4, -0.2) is 53.6 Å². The molecule has 2 rings (SSSR count). The summed E-state index contributed by atoms with van der Waals surface area (Å²) in [5, 5.41) is 10.00. The molecule has 1 unspecified atom stereocenters. The molecule has 0 bridgehead atoms. The smallest absolute Gasteiger partial charge is 0.348 e. The first kappa shape index (κ1) is 23.5. The van der Waals surface area contributed by atoms with E-state index in [0.717, 1.165) is 24.1 Å². The molecule has 1 aliphatic heterocycles. The summed E-state index contributed by atoms with van der Waals surface area (Å²) in [4.78, 5) is 26.2. The minimum absolute atomic E-state index is 0.195. The first-order valence-corrected chi connectivity index (χ1v) is 10.8. The maximum atomic E-state index is 14.0. The van der Waals surface area contributed by atoms with E-state index < -0.39 is 36.4 Å². The molecule has 0 radical (unpaired) electrons. The van der Waals surface area contributed by atoms with Crippen molar-refractivity contribution in [2.75, 3.05) is 13.7 Å². The number of aliphatic hydroxyl groups excluding tert-OH is 1. The molecule has 29 heavy (non-hydrogen) atoms. The molecule has 8 heteroatoms. The summed E-state index contributed by atoms with van der Waals surface area (Å²) >= 11 is 1.30. The number of alkyl halides is 2. The second-order valence-electron chi connectivity index (χ2n) is 7.28. The van der Waals surface area contributed by atoms with Gasteiger partial charge in [0.25, 0.3) is 5.91 Å². The zero-order chi connectivity index (χ0) is 21.4. The van der Waals surface area contributed by atoms with Crippen LogP contribution in [0.5, 0.6) is 0 Å². The fourth-order valence-electron chi connectivity index (χ4n) is 3.36. The van der Waals surface area contributed by atoms with Gasteiger partial charge in [-0.05, 0) is 31.4 Å². The average molecular weight is 430 g/mol. The number of halogens is 2. The van der Waals surface area contributed by atoms with Crippen LogP contribution in [0.1, 0.15) is 60.0 Å². The highest BCUT2D eigenvalue weighted by Crippen LogP contribution is 2.34. The van der Waals surface area contributed by atoms with Crippen LogP contribution in [0.25, 0.3) is 0 Å². The minimum atomic E-state index is -3.37. The van der Waals surface area contributed by atoms with Gasteiger partial charge in [-0.25, -0.2) is 4.79 Å². The number of methoxy groups -OCH3 is 1. The summed E-state index contributed by atoms with van der Waals surface area (Å²) in [6.07, 6.45) is 6.42. The summed E-state index contributed by atoms with van der Waals surface area (Å²) in [7, 11) is 1.31. The molecule has 1 saturated heterocycles. The number of carbonyl (C=O) groups is 2. The molecule has 0 aliphatic carbocycles. The lowest BCUT2D eigenvalue weighted by atomic mass is 10.1. The van der Waals surface area contributed by atoms with Crippen molar-refractivity contribution in [1.82, 2.24) is 4.90 Å². The van der Waals surface area contributed by atoms with Gasteiger partial charge in [0.1, 0.15) is 4.88 Å². The Morgan fingerprint density at radius 3 is 2.86 bits per heavy atom. The lowest BCUT2D eigenvalue weighted by Gasteiger charge is -2.21. The predicted molar refractivity (Wildman–Crippen MR) is 108 cm³/mol. The van der Waals surface area contributed by atoms with Gasteiger partial charge in [-0.1, -0.05) is 38.3 Å². The van der Waals surface area contributed by atoms with Gasteiger partial charge in [0.15, 0.2) is 0 Å². The van der Waals surface area contributed by atoms with E-state index in [2.05, 4.69) is 11.7 Å². The SMILES string of the molecule is CCCCCC(O)C=C[C@H]1CC(F)(F)C(=O)N1CCCc1ccc(C(=O)OC)s1. The number of rotatable bonds is 11. The summed E-state index contributed by atoms with van der Waals surface area (Å²) in [6.45, 7) is 2.26. The number of hydrogen-bond acceptors (Lipinski definition) is 5. The van der Waals surface area contributed by atoms with Crippen LogP contribution in [-0.2, 0) is 16.0 Å². The van der Waals surface area contributed by atoms with Crippen molar-refractivity contribution >= 4 is 23.2 Å². The molecule has 0 aromatic carbocycles. The molecular weight excluding hydrogens is 400 g/mol. The van der Waals surface area contributed by atoms with Gasteiger partial charge < -0.3 is 14.7 Å². The second-order valence-corrected chi connectivity index (χ2v) is 8.45. The molecule has 2 atom stereocenters. The van der Waals surface area contributed by atoms with Gasteiger partial charge in [-0.3, -0.25) is 4.79 Å². The van der Waals surface area contributed by atoms with Crippen molar-refractivity contribution in [3.05, 3.63) is 34.0 Å². The van der Waals surface area contributed by atoms with Crippen LogP contribution >= 0.6 is 11.3 Å². The first-order valence-electron chi connectivity index (χ1n) is 10.0. The van der Waals surface area contributed by atoms with Crippen LogP contribution in [0.15, 0.2) is 24.3 Å². The topological polar surface area (TPSA) is 66.8 Å². The molecule has 1 aliphatic rings. The Hall–Kier alpha value is -1.80. The lowest BCUT2D eigenvalue weighted by Crippen LogP contribution is -2.36. The predicted octanol–water partition coefficient (Wildman–Crippen LogP) is 4.20. The summed E-state index contributed by atoms with van der Waals surface area (Å²) in [6, 6.07) is 2.76. The van der Waals surface area contributed by atoms with Gasteiger partial charge in [-0.15, -0.1) is 11.3 Å². The second kappa shape index (κ2) is 10.8. The van der Waals surface area contributed by atoms with Gasteiger partial charge in [0, 0.05) is 17.8 Å². The van der Waals surface area contributed by atoms with E-state index >= 15 is 0 Å². The van der Waals surface area contributed by atoms with Crippen molar-refractivity contribution in [2.45, 2.75) is 69.9 Å². The number of aryl methyl sites for hydroxylation is 1. The molecule has 1 aromatic heterocycles. The van der Waals surface area contributed by atoms with E-state index in [1.165, 1.54) is 35.5 Å². The Kier molecular flexibility index (Phi) is 8.77. The summed E-state index contributed by atoms with van der Waals surface area (Å²) in [5.41, 5.74) is 0. The molecule has 0 saturated carbocycles. The zero-order valence-electron chi connectivity index (χ0n) is 16.9. The van der Waals surface area contributed by atoms with Crippen LogP contribution in [0.3, 0.4) is 0 Å². The van der Waals surface area contributed by atoms with Crippen molar-refractivity contribution in [1.29, 1.82) is 0 Å². The van der Waals surface area contributed by atoms with Crippen molar-refractivity contribution in [3.63, 3.8) is 0 Å². The minimum Gasteiger partial charge on any atom is -0.465 e. The summed E-state index contributed by atoms with van der Waals surface area (Å²) in [5.74, 6) is -4.93. The molecule has 1 amide bonds. The zero-order valence-corrected chi connectivity index (χ0v) is 17.7. The highest BCUT2D eigenvalue weighted by molar-refractivity contribution is 7.13. The maximum Gasteiger partial charge on any atom is 0.348 e. The van der Waals surface area contributed by atoms with Gasteiger partial charge in [0.2, 0.25) is 0 Å². The Bertz CT molecular complexity index is 719. The highest BCUT2D eigenvalue weighted by Gasteiger charge is 2.52. The Balaban J connectivity index is 1.92. The highest BCUT2D eigenvalue weighted by atomic mass is 32.1. The third-order valence-corrected chi connectivity index (χ3v) is 6.09. The first-order chi connectivity index (χ1) is 13.8. The summed E-state index contributed by atoms with van der Waals surface area (Å²) < 4.78 is 32.6. The molecule has 1 N–H and O–H groups in total. The van der Waals surface area contributed by atoms with Gasteiger partial charge >= 0.3 is 11.9 Å². The molecule has 162 valence electrons. The van der Waals surface area contributed by atoms with Gasteiger partial charge in [0.05, 0.1) is 19.3 Å². The lowest BCUT2D eigenvalue weighted by molar-refractivity contribution is -0.148. The largest absolute Gasteiger partial charge is 0.465 e. The Morgan fingerprint density at radius 2 is 2.17 bits per heavy atom. The molecule has 5 nitrogen and oxygen atoms in total. The number of amides is 1. The monoisotopic (exact) mass is 429 g/mol. The number of aliphatic hydroxyl groups is 1. The number of carbonyl (C=O) groups excluding carboxylic acids is 2. The molecule has 0 spiro atoms. The number of thiophene rings is 1. The fraction of sp³-hybridized carbons (Fsp3) is 0.619. The van der Waals surface area contributed by atoms with Gasteiger partial charge in [-0.2, -0.15) is 8.78 Å². The number of nitrogens with zero attached hydrogens (tertiary/aromatic N) is 1. The third kappa shape index (κ3) is 6.60. The number of likely N-dealkylation sites (tertiary alicyclic amines) is 1. The average Bonchev–Trinajstić information content (AvgIpc) is 3.24. The number of esters is 1.